The molecule has 3 heterocycles. The zero-order valence-electron chi connectivity index (χ0n) is 59.9. The lowest BCUT2D eigenvalue weighted by Gasteiger charge is -2.48. The zero-order valence-corrected chi connectivity index (χ0v) is 59.9. The Balaban J connectivity index is 1.30. The van der Waals surface area contributed by atoms with Crippen LogP contribution in [0.15, 0.2) is 12.2 Å². The molecule has 3 saturated heterocycles. The molecule has 12 N–H and O–H groups in total. The molecular weight excluding hydrogens is 1210 g/mol. The van der Waals surface area contributed by atoms with Gasteiger partial charge in [0.2, 0.25) is 5.91 Å². The van der Waals surface area contributed by atoms with Gasteiger partial charge in [0.1, 0.15) is 73.2 Å². The van der Waals surface area contributed by atoms with Gasteiger partial charge in [0.15, 0.2) is 18.9 Å². The molecule has 562 valence electrons. The van der Waals surface area contributed by atoms with E-state index in [0.29, 0.717) is 6.42 Å². The number of allylic oxidation sites excluding steroid dienone is 1. The predicted molar refractivity (Wildman–Crippen MR) is 374 cm³/mol. The molecule has 0 aromatic rings. The zero-order chi connectivity index (χ0) is 68.9. The van der Waals surface area contributed by atoms with Crippen LogP contribution in [-0.2, 0) is 33.2 Å². The van der Waals surface area contributed by atoms with Crippen molar-refractivity contribution in [3.63, 3.8) is 0 Å². The molecule has 0 aliphatic carbocycles. The fourth-order valence-corrected chi connectivity index (χ4v) is 13.7. The monoisotopic (exact) mass is 1360 g/mol. The van der Waals surface area contributed by atoms with Gasteiger partial charge in [0, 0.05) is 6.42 Å². The van der Waals surface area contributed by atoms with Gasteiger partial charge in [-0.2, -0.15) is 0 Å². The average Bonchev–Trinajstić information content (AvgIpc) is 0.787. The number of hydrogen-bond acceptors (Lipinski definition) is 18. The molecule has 0 spiro atoms. The second-order valence-corrected chi connectivity index (χ2v) is 28.5. The third-order valence-corrected chi connectivity index (χ3v) is 20.1. The van der Waals surface area contributed by atoms with E-state index in [1.807, 2.05) is 6.08 Å². The van der Waals surface area contributed by atoms with Crippen LogP contribution in [0.5, 0.6) is 0 Å². The summed E-state index contributed by atoms with van der Waals surface area (Å²) >= 11 is 0. The lowest BCUT2D eigenvalue weighted by molar-refractivity contribution is -0.379. The molecule has 19 nitrogen and oxygen atoms in total. The fraction of sp³-hybridized carbons (Fsp3) is 0.961. The summed E-state index contributed by atoms with van der Waals surface area (Å²) in [5.41, 5.74) is 0. The highest BCUT2D eigenvalue weighted by Gasteiger charge is 2.53. The van der Waals surface area contributed by atoms with Crippen LogP contribution >= 0.6 is 0 Å². The quantitative estimate of drug-likeness (QED) is 0.0199. The van der Waals surface area contributed by atoms with Crippen molar-refractivity contribution in [3.05, 3.63) is 12.2 Å². The number of rotatable bonds is 63. The molecule has 3 rings (SSSR count). The van der Waals surface area contributed by atoms with E-state index in [9.17, 15) is 61.0 Å². The Morgan fingerprint density at radius 3 is 0.989 bits per heavy atom. The van der Waals surface area contributed by atoms with Crippen molar-refractivity contribution >= 4 is 5.91 Å². The fourth-order valence-electron chi connectivity index (χ4n) is 13.7. The lowest BCUT2D eigenvalue weighted by atomic mass is 9.96. The number of hydrogen-bond donors (Lipinski definition) is 12. The van der Waals surface area contributed by atoms with E-state index >= 15 is 0 Å². The van der Waals surface area contributed by atoms with Crippen LogP contribution in [0.1, 0.15) is 335 Å². The van der Waals surface area contributed by atoms with Gasteiger partial charge >= 0.3 is 0 Å². The van der Waals surface area contributed by atoms with Crippen molar-refractivity contribution in [1.82, 2.24) is 5.32 Å². The number of ether oxygens (including phenoxy) is 6. The van der Waals surface area contributed by atoms with Crippen LogP contribution in [0.2, 0.25) is 0 Å². The van der Waals surface area contributed by atoms with Gasteiger partial charge in [0.25, 0.3) is 0 Å². The Hall–Kier alpha value is -1.47. The van der Waals surface area contributed by atoms with E-state index in [0.717, 1.165) is 44.9 Å². The normalized spacial score (nSPS) is 27.2. The van der Waals surface area contributed by atoms with Crippen LogP contribution in [0.25, 0.3) is 0 Å². The number of nitrogens with one attached hydrogen (secondary N) is 1. The molecule has 3 aliphatic heterocycles. The molecule has 0 aromatic heterocycles. The Labute approximate surface area is 576 Å². The minimum absolute atomic E-state index is 0.250. The summed E-state index contributed by atoms with van der Waals surface area (Å²) in [5, 5.41) is 121. The first-order chi connectivity index (χ1) is 46.3. The van der Waals surface area contributed by atoms with Gasteiger partial charge in [-0.05, 0) is 19.3 Å². The first-order valence-corrected chi connectivity index (χ1v) is 39.4. The van der Waals surface area contributed by atoms with E-state index in [2.05, 4.69) is 19.2 Å². The van der Waals surface area contributed by atoms with Crippen molar-refractivity contribution in [2.45, 2.75) is 439 Å². The molecule has 19 heteroatoms. The highest BCUT2D eigenvalue weighted by molar-refractivity contribution is 5.76. The van der Waals surface area contributed by atoms with Crippen molar-refractivity contribution in [2.75, 3.05) is 26.4 Å². The number of carbonyl (C=O) groups excluding carboxylic acids is 1. The number of amides is 1. The molecule has 3 fully saturated rings. The summed E-state index contributed by atoms with van der Waals surface area (Å²) in [6, 6.07) is -0.969. The van der Waals surface area contributed by atoms with E-state index in [-0.39, 0.29) is 18.9 Å². The minimum atomic E-state index is -1.98. The van der Waals surface area contributed by atoms with Gasteiger partial charge < -0.3 is 89.9 Å². The van der Waals surface area contributed by atoms with Gasteiger partial charge in [0.05, 0.1) is 38.6 Å². The smallest absolute Gasteiger partial charge is 0.220 e. The summed E-state index contributed by atoms with van der Waals surface area (Å²) in [6.45, 7) is 1.77. The molecule has 0 aromatic carbocycles. The Morgan fingerprint density at radius 1 is 0.368 bits per heavy atom. The largest absolute Gasteiger partial charge is 0.394 e. The number of carbonyl (C=O) groups is 1. The van der Waals surface area contributed by atoms with Crippen molar-refractivity contribution in [2.24, 2.45) is 0 Å². The van der Waals surface area contributed by atoms with Crippen LogP contribution in [0, 0.1) is 0 Å². The maximum Gasteiger partial charge on any atom is 0.220 e. The molecule has 0 radical (unpaired) electrons. The van der Waals surface area contributed by atoms with Gasteiger partial charge in [-0.25, -0.2) is 0 Å². The molecule has 0 bridgehead atoms. The molecule has 0 saturated carbocycles. The third kappa shape index (κ3) is 39.0. The Morgan fingerprint density at radius 2 is 0.653 bits per heavy atom. The van der Waals surface area contributed by atoms with Crippen molar-refractivity contribution in [1.29, 1.82) is 0 Å². The van der Waals surface area contributed by atoms with Crippen molar-refractivity contribution in [3.8, 4) is 0 Å². The summed E-state index contributed by atoms with van der Waals surface area (Å²) in [4.78, 5) is 13.4. The topological polar surface area (TPSA) is 307 Å². The summed E-state index contributed by atoms with van der Waals surface area (Å²) < 4.78 is 34.4. The summed E-state index contributed by atoms with van der Waals surface area (Å²) in [7, 11) is 0. The van der Waals surface area contributed by atoms with Gasteiger partial charge in [-0.3, -0.25) is 4.79 Å². The average molecular weight is 1360 g/mol. The second kappa shape index (κ2) is 58.1. The highest BCUT2D eigenvalue weighted by Crippen LogP contribution is 2.33. The molecule has 17 unspecified atom stereocenters. The minimum Gasteiger partial charge on any atom is -0.394 e. The maximum absolute atomic E-state index is 13.4. The third-order valence-electron chi connectivity index (χ3n) is 20.1. The molecule has 1 amide bonds. The number of unbranched alkanes of at least 4 members (excludes halogenated alkanes) is 47. The van der Waals surface area contributed by atoms with E-state index in [1.165, 1.54) is 263 Å². The molecular formula is C76H145NO18. The molecule has 3 aliphatic rings. The van der Waals surface area contributed by atoms with Crippen molar-refractivity contribution < 1.29 is 89.4 Å². The standard InChI is InChI=1S/C76H145NO18/c1-3-5-7-9-11-13-15-17-19-20-21-22-23-24-25-26-27-28-29-30-31-32-33-34-35-36-37-38-39-40-42-44-46-48-50-52-54-64(82)77-59(60(81)53-51-49-47-45-43-41-18-16-14-12-10-8-6-4-2)58-90-74-70(88)67(85)72(62(56-79)92-74)95-76-71(89)68(86)73(63(57-80)93-76)94-75-69(87)66(84)65(83)61(55-78)91-75/h51,53,59-63,65-76,78-81,83-89H,3-50,52,54-58H2,1-2H3,(H,77,82)/b53-51+. The number of aliphatic hydroxyl groups is 11. The second-order valence-electron chi connectivity index (χ2n) is 28.5. The van der Waals surface area contributed by atoms with E-state index < -0.39 is 124 Å². The summed E-state index contributed by atoms with van der Waals surface area (Å²) in [6.07, 6.45) is 40.9. The van der Waals surface area contributed by atoms with E-state index in [4.69, 9.17) is 28.4 Å². The SMILES string of the molecule is CCCCCCCCCCCCCC/C=C/C(O)C(COC1OC(CO)C(OC2OC(CO)C(OC3OC(CO)C(O)C(O)C3O)C(O)C2O)C(O)C1O)NC(=O)CCCCCCCCCCCCCCCCCCCCCCCCCCCCCCCCCCCCCC. The number of aliphatic hydroxyl groups excluding tert-OH is 11. The van der Waals surface area contributed by atoms with Crippen LogP contribution in [-0.4, -0.2) is 193 Å². The Kier molecular flexibility index (Phi) is 53.6. The maximum atomic E-state index is 13.4. The van der Waals surface area contributed by atoms with Gasteiger partial charge in [-0.1, -0.05) is 321 Å². The predicted octanol–water partition coefficient (Wildman–Crippen LogP) is 12.4. The summed E-state index contributed by atoms with van der Waals surface area (Å²) in [5.74, 6) is -0.268. The Bertz CT molecular complexity index is 1770. The molecule has 17 atom stereocenters. The van der Waals surface area contributed by atoms with Crippen LogP contribution in [0.4, 0.5) is 0 Å². The first kappa shape index (κ1) is 87.7. The van der Waals surface area contributed by atoms with Crippen LogP contribution in [0.3, 0.4) is 0 Å². The van der Waals surface area contributed by atoms with Crippen LogP contribution < -0.4 is 5.32 Å². The lowest BCUT2D eigenvalue weighted by Crippen LogP contribution is -2.66. The van der Waals surface area contributed by atoms with Gasteiger partial charge in [-0.15, -0.1) is 0 Å². The first-order valence-electron chi connectivity index (χ1n) is 39.4. The van der Waals surface area contributed by atoms with E-state index in [1.54, 1.807) is 6.08 Å². The highest BCUT2D eigenvalue weighted by atomic mass is 16.8. The molecule has 95 heavy (non-hydrogen) atoms.